The summed E-state index contributed by atoms with van der Waals surface area (Å²) in [5.74, 6) is -0.467. The molecule has 156 valence electrons. The molecule has 0 aromatic heterocycles. The van der Waals surface area contributed by atoms with Crippen molar-refractivity contribution in [3.63, 3.8) is 0 Å². The average Bonchev–Trinajstić information content (AvgIpc) is 3.23. The third-order valence-electron chi connectivity index (χ3n) is 5.73. The fourth-order valence-electron chi connectivity index (χ4n) is 4.21. The molecule has 4 nitrogen and oxygen atoms in total. The maximum absolute atomic E-state index is 13.9. The summed E-state index contributed by atoms with van der Waals surface area (Å²) in [6, 6.07) is 19.0. The predicted molar refractivity (Wildman–Crippen MR) is 122 cm³/mol. The lowest BCUT2D eigenvalue weighted by molar-refractivity contribution is -0.123. The van der Waals surface area contributed by atoms with Crippen LogP contribution in [0.15, 0.2) is 66.7 Å². The second-order valence-corrected chi connectivity index (χ2v) is 9.21. The largest absolute Gasteiger partial charge is 0.304 e. The maximum Gasteiger partial charge on any atom is 0.269 e. The number of nitrogens with zero attached hydrogens (tertiary/aromatic N) is 2. The Morgan fingerprint density at radius 1 is 1.06 bits per heavy atom. The summed E-state index contributed by atoms with van der Waals surface area (Å²) in [5.41, 5.74) is 3.82. The normalized spacial score (nSPS) is 20.1. The zero-order valence-electron chi connectivity index (χ0n) is 16.6. The van der Waals surface area contributed by atoms with Gasteiger partial charge >= 0.3 is 0 Å². The lowest BCUT2D eigenvalue weighted by Crippen LogP contribution is -2.49. The highest BCUT2D eigenvalue weighted by atomic mass is 35.5. The minimum Gasteiger partial charge on any atom is -0.304 e. The molecule has 1 spiro atoms. The van der Waals surface area contributed by atoms with Gasteiger partial charge in [0.15, 0.2) is 0 Å². The van der Waals surface area contributed by atoms with E-state index in [1.807, 2.05) is 43.3 Å². The zero-order chi connectivity index (χ0) is 21.8. The maximum atomic E-state index is 13.9. The molecule has 2 aliphatic rings. The zero-order valence-corrected chi connectivity index (χ0v) is 18.2. The number of fused-ring (bicyclic) bond motifs is 2. The standard InChI is InChI=1S/C24H18ClFN2O2S/c1-15-6-11-18(12-20(15)25)28-22(29)14-31-24(28)19-4-2-3-5-21(19)27(23(24)30)13-16-7-9-17(26)10-8-16/h2-12H,13-14H2,1H3. The Labute approximate surface area is 188 Å². The minimum absolute atomic E-state index is 0.142. The van der Waals surface area contributed by atoms with E-state index in [0.717, 1.165) is 22.4 Å². The molecule has 0 radical (unpaired) electrons. The van der Waals surface area contributed by atoms with Crippen molar-refractivity contribution in [3.05, 3.63) is 94.3 Å². The van der Waals surface area contributed by atoms with Crippen molar-refractivity contribution in [2.75, 3.05) is 15.6 Å². The van der Waals surface area contributed by atoms with Gasteiger partial charge in [-0.2, -0.15) is 0 Å². The van der Waals surface area contributed by atoms with E-state index in [1.165, 1.54) is 23.9 Å². The number of para-hydroxylation sites is 1. The third-order valence-corrected chi connectivity index (χ3v) is 7.52. The molecule has 0 bridgehead atoms. The first-order chi connectivity index (χ1) is 14.9. The number of aryl methyl sites for hydroxylation is 1. The summed E-state index contributed by atoms with van der Waals surface area (Å²) in [6.07, 6.45) is 0. The molecule has 1 saturated heterocycles. The Morgan fingerprint density at radius 2 is 1.81 bits per heavy atom. The molecule has 2 amide bonds. The van der Waals surface area contributed by atoms with E-state index in [1.54, 1.807) is 28.0 Å². The Morgan fingerprint density at radius 3 is 2.55 bits per heavy atom. The molecule has 31 heavy (non-hydrogen) atoms. The monoisotopic (exact) mass is 452 g/mol. The van der Waals surface area contributed by atoms with E-state index in [0.29, 0.717) is 10.7 Å². The molecule has 3 aromatic carbocycles. The highest BCUT2D eigenvalue weighted by molar-refractivity contribution is 8.02. The van der Waals surface area contributed by atoms with Crippen LogP contribution < -0.4 is 9.80 Å². The number of carbonyl (C=O) groups excluding carboxylic acids is 2. The Bertz CT molecular complexity index is 1220. The lowest BCUT2D eigenvalue weighted by Gasteiger charge is -2.33. The topological polar surface area (TPSA) is 40.6 Å². The number of thioether (sulfide) groups is 1. The molecule has 1 atom stereocenters. The molecule has 3 aromatic rings. The molecule has 0 saturated carbocycles. The van der Waals surface area contributed by atoms with Gasteiger partial charge in [0.1, 0.15) is 5.82 Å². The highest BCUT2D eigenvalue weighted by Crippen LogP contribution is 2.56. The number of carbonyl (C=O) groups is 2. The molecule has 5 rings (SSSR count). The number of halogens is 2. The van der Waals surface area contributed by atoms with Gasteiger partial charge in [-0.05, 0) is 48.4 Å². The van der Waals surface area contributed by atoms with E-state index in [4.69, 9.17) is 11.6 Å². The summed E-state index contributed by atoms with van der Waals surface area (Å²) < 4.78 is 13.4. The number of benzene rings is 3. The smallest absolute Gasteiger partial charge is 0.269 e. The van der Waals surface area contributed by atoms with E-state index in [2.05, 4.69) is 0 Å². The van der Waals surface area contributed by atoms with Crippen LogP contribution in [0.4, 0.5) is 15.8 Å². The van der Waals surface area contributed by atoms with Gasteiger partial charge in [-0.3, -0.25) is 14.5 Å². The fourth-order valence-corrected chi connectivity index (χ4v) is 5.74. The van der Waals surface area contributed by atoms with Crippen LogP contribution in [0.1, 0.15) is 16.7 Å². The van der Waals surface area contributed by atoms with Crippen molar-refractivity contribution in [1.82, 2.24) is 0 Å². The van der Waals surface area contributed by atoms with Crippen LogP contribution >= 0.6 is 23.4 Å². The van der Waals surface area contributed by atoms with Crippen LogP contribution in [0.25, 0.3) is 0 Å². The number of rotatable bonds is 3. The van der Waals surface area contributed by atoms with Gasteiger partial charge in [0, 0.05) is 16.3 Å². The van der Waals surface area contributed by atoms with Crippen LogP contribution in [0.5, 0.6) is 0 Å². The van der Waals surface area contributed by atoms with Gasteiger partial charge in [-0.15, -0.1) is 11.8 Å². The van der Waals surface area contributed by atoms with E-state index < -0.39 is 4.87 Å². The molecule has 2 heterocycles. The molecular weight excluding hydrogens is 435 g/mol. The Balaban J connectivity index is 1.63. The molecule has 0 N–H and O–H groups in total. The van der Waals surface area contributed by atoms with Crippen molar-refractivity contribution in [2.24, 2.45) is 0 Å². The summed E-state index contributed by atoms with van der Waals surface area (Å²) in [4.78, 5) is 29.1. The molecule has 0 aliphatic carbocycles. The van der Waals surface area contributed by atoms with Crippen molar-refractivity contribution >= 4 is 46.6 Å². The van der Waals surface area contributed by atoms with Crippen LogP contribution in [-0.4, -0.2) is 17.6 Å². The van der Waals surface area contributed by atoms with Crippen LogP contribution in [0, 0.1) is 12.7 Å². The van der Waals surface area contributed by atoms with Crippen molar-refractivity contribution in [3.8, 4) is 0 Å². The van der Waals surface area contributed by atoms with E-state index in [9.17, 15) is 14.0 Å². The molecule has 2 aliphatic heterocycles. The van der Waals surface area contributed by atoms with E-state index in [-0.39, 0.29) is 29.9 Å². The van der Waals surface area contributed by atoms with Crippen molar-refractivity contribution < 1.29 is 14.0 Å². The summed E-state index contributed by atoms with van der Waals surface area (Å²) in [5, 5.41) is 0.541. The van der Waals surface area contributed by atoms with Crippen molar-refractivity contribution in [1.29, 1.82) is 0 Å². The van der Waals surface area contributed by atoms with E-state index >= 15 is 0 Å². The first-order valence-electron chi connectivity index (χ1n) is 9.81. The van der Waals surface area contributed by atoms with Gasteiger partial charge in [-0.1, -0.05) is 48.0 Å². The van der Waals surface area contributed by atoms with Crippen molar-refractivity contribution in [2.45, 2.75) is 18.3 Å². The van der Waals surface area contributed by atoms with Crippen LogP contribution in [-0.2, 0) is 21.0 Å². The summed E-state index contributed by atoms with van der Waals surface area (Å²) in [7, 11) is 0. The van der Waals surface area contributed by atoms with Gasteiger partial charge in [0.05, 0.1) is 18.0 Å². The van der Waals surface area contributed by atoms with Crippen LogP contribution in [0.2, 0.25) is 5.02 Å². The second-order valence-electron chi connectivity index (χ2n) is 7.63. The molecule has 1 unspecified atom stereocenters. The SMILES string of the molecule is Cc1ccc(N2C(=O)CSC23C(=O)N(Cc2ccc(F)cc2)c2ccccc23)cc1Cl. The Hall–Kier alpha value is -2.83. The minimum atomic E-state index is -1.19. The number of hydrogen-bond donors (Lipinski definition) is 0. The summed E-state index contributed by atoms with van der Waals surface area (Å²) in [6.45, 7) is 2.18. The third kappa shape index (κ3) is 3.05. The fraction of sp³-hybridized carbons (Fsp3) is 0.167. The first-order valence-corrected chi connectivity index (χ1v) is 11.2. The van der Waals surface area contributed by atoms with Gasteiger partial charge in [-0.25, -0.2) is 4.39 Å². The molecule has 7 heteroatoms. The second kappa shape index (κ2) is 7.39. The number of hydrogen-bond acceptors (Lipinski definition) is 3. The van der Waals surface area contributed by atoms with Gasteiger partial charge < -0.3 is 4.90 Å². The molecular formula is C24H18ClFN2O2S. The lowest BCUT2D eigenvalue weighted by atomic mass is 10.0. The first kappa shape index (κ1) is 20.1. The number of anilines is 2. The Kier molecular flexibility index (Phi) is 4.79. The highest BCUT2D eigenvalue weighted by Gasteiger charge is 2.60. The van der Waals surface area contributed by atoms with Gasteiger partial charge in [0.25, 0.3) is 5.91 Å². The van der Waals surface area contributed by atoms with Gasteiger partial charge in [0.2, 0.25) is 10.8 Å². The average molecular weight is 453 g/mol. The quantitative estimate of drug-likeness (QED) is 0.543. The van der Waals surface area contributed by atoms with Crippen LogP contribution in [0.3, 0.4) is 0 Å². The molecule has 1 fully saturated rings. The predicted octanol–water partition coefficient (Wildman–Crippen LogP) is 5.27. The summed E-state index contributed by atoms with van der Waals surface area (Å²) >= 11 is 7.67. The number of amides is 2.